The molecule has 0 bridgehead atoms. The van der Waals surface area contributed by atoms with Crippen LogP contribution in [0, 0.1) is 10.1 Å². The van der Waals surface area contributed by atoms with Gasteiger partial charge < -0.3 is 14.2 Å². The van der Waals surface area contributed by atoms with Gasteiger partial charge in [0.25, 0.3) is 5.69 Å². The lowest BCUT2D eigenvalue weighted by Gasteiger charge is -2.20. The topological polar surface area (TPSA) is 98.9 Å². The summed E-state index contributed by atoms with van der Waals surface area (Å²) in [5.74, 6) is 0. The summed E-state index contributed by atoms with van der Waals surface area (Å²) >= 11 is 0. The first-order valence-electron chi connectivity index (χ1n) is 6.22. The standard InChI is InChI=1S/C12H18NO6P/c1-3-18-20(17,19-4-2)9-12(14)10-5-7-11(8-6-10)13(15)16/h5-8,12,14H,3-4,9H2,1-2H3/t12-/m0/s1. The molecule has 0 spiro atoms. The molecule has 1 rings (SSSR count). The van der Waals surface area contributed by atoms with E-state index in [1.165, 1.54) is 24.3 Å². The Balaban J connectivity index is 2.80. The third kappa shape index (κ3) is 4.68. The number of nitro groups is 1. The Hall–Kier alpha value is -1.27. The van der Waals surface area contributed by atoms with E-state index < -0.39 is 18.6 Å². The summed E-state index contributed by atoms with van der Waals surface area (Å²) in [6.07, 6.45) is -1.26. The van der Waals surface area contributed by atoms with Crippen molar-refractivity contribution in [3.8, 4) is 0 Å². The van der Waals surface area contributed by atoms with Crippen LogP contribution in [0.15, 0.2) is 24.3 Å². The van der Waals surface area contributed by atoms with Gasteiger partial charge in [-0.05, 0) is 31.5 Å². The molecule has 0 aliphatic carbocycles. The van der Waals surface area contributed by atoms with Gasteiger partial charge in [-0.15, -0.1) is 0 Å². The molecule has 0 aliphatic rings. The highest BCUT2D eigenvalue weighted by Crippen LogP contribution is 2.50. The summed E-state index contributed by atoms with van der Waals surface area (Å²) in [5, 5.41) is 20.6. The number of benzene rings is 1. The maximum absolute atomic E-state index is 12.3. The van der Waals surface area contributed by atoms with Crippen molar-refractivity contribution < 1.29 is 23.6 Å². The molecular formula is C12H18NO6P. The largest absolute Gasteiger partial charge is 0.388 e. The van der Waals surface area contributed by atoms with Crippen molar-refractivity contribution in [1.82, 2.24) is 0 Å². The predicted octanol–water partition coefficient (Wildman–Crippen LogP) is 2.89. The van der Waals surface area contributed by atoms with Crippen LogP contribution >= 0.6 is 7.60 Å². The molecule has 0 aliphatic heterocycles. The second-order valence-corrected chi connectivity index (χ2v) is 6.10. The van der Waals surface area contributed by atoms with Crippen molar-refractivity contribution in [2.75, 3.05) is 19.4 Å². The predicted molar refractivity (Wildman–Crippen MR) is 73.8 cm³/mol. The van der Waals surface area contributed by atoms with Gasteiger partial charge in [-0.3, -0.25) is 14.7 Å². The molecule has 0 aromatic heterocycles. The van der Waals surface area contributed by atoms with Crippen molar-refractivity contribution >= 4 is 13.3 Å². The number of non-ortho nitro benzene ring substituents is 1. The third-order valence-corrected chi connectivity index (χ3v) is 4.63. The smallest absolute Gasteiger partial charge is 0.333 e. The highest BCUT2D eigenvalue weighted by atomic mass is 31.2. The van der Waals surface area contributed by atoms with E-state index in [4.69, 9.17) is 9.05 Å². The zero-order chi connectivity index (χ0) is 15.2. The van der Waals surface area contributed by atoms with Gasteiger partial charge in [-0.1, -0.05) is 0 Å². The van der Waals surface area contributed by atoms with Gasteiger partial charge >= 0.3 is 7.60 Å². The van der Waals surface area contributed by atoms with Crippen molar-refractivity contribution in [1.29, 1.82) is 0 Å². The van der Waals surface area contributed by atoms with Gasteiger partial charge in [0.1, 0.15) is 0 Å². The summed E-state index contributed by atoms with van der Waals surface area (Å²) in [4.78, 5) is 10.0. The van der Waals surface area contributed by atoms with Crippen LogP contribution < -0.4 is 0 Å². The van der Waals surface area contributed by atoms with Crippen molar-refractivity contribution in [2.45, 2.75) is 20.0 Å². The van der Waals surface area contributed by atoms with Crippen LogP contribution in [0.1, 0.15) is 25.5 Å². The fourth-order valence-electron chi connectivity index (χ4n) is 1.67. The van der Waals surface area contributed by atoms with E-state index in [1.807, 2.05) is 0 Å². The molecule has 0 radical (unpaired) electrons. The fourth-order valence-corrected chi connectivity index (χ4v) is 3.38. The average Bonchev–Trinajstić information content (AvgIpc) is 2.39. The minimum absolute atomic E-state index is 0.0706. The van der Waals surface area contributed by atoms with Gasteiger partial charge in [-0.2, -0.15) is 0 Å². The zero-order valence-electron chi connectivity index (χ0n) is 11.4. The minimum atomic E-state index is -3.36. The number of aliphatic hydroxyl groups is 1. The highest BCUT2D eigenvalue weighted by Gasteiger charge is 2.28. The Bertz CT molecular complexity index is 479. The highest BCUT2D eigenvalue weighted by molar-refractivity contribution is 7.53. The van der Waals surface area contributed by atoms with Crippen molar-refractivity contribution in [3.63, 3.8) is 0 Å². The van der Waals surface area contributed by atoms with E-state index in [9.17, 15) is 19.8 Å². The van der Waals surface area contributed by atoms with E-state index in [0.717, 1.165) is 0 Å². The number of hydrogen-bond donors (Lipinski definition) is 1. The number of nitrogens with zero attached hydrogens (tertiary/aromatic N) is 1. The first kappa shape index (κ1) is 16.8. The normalized spacial score (nSPS) is 13.2. The third-order valence-electron chi connectivity index (χ3n) is 2.54. The Morgan fingerprint density at radius 1 is 1.25 bits per heavy atom. The van der Waals surface area contributed by atoms with E-state index in [2.05, 4.69) is 0 Å². The lowest BCUT2D eigenvalue weighted by atomic mass is 10.1. The maximum Gasteiger partial charge on any atom is 0.333 e. The summed E-state index contributed by atoms with van der Waals surface area (Å²) in [7, 11) is -3.36. The van der Waals surface area contributed by atoms with Crippen molar-refractivity contribution in [3.05, 3.63) is 39.9 Å². The molecule has 0 saturated heterocycles. The van der Waals surface area contributed by atoms with Gasteiger partial charge in [-0.25, -0.2) is 0 Å². The molecule has 20 heavy (non-hydrogen) atoms. The molecule has 0 amide bonds. The van der Waals surface area contributed by atoms with Crippen LogP contribution in [0.3, 0.4) is 0 Å². The Labute approximate surface area is 117 Å². The molecule has 7 nitrogen and oxygen atoms in total. The lowest BCUT2D eigenvalue weighted by Crippen LogP contribution is -2.08. The summed E-state index contributed by atoms with van der Waals surface area (Å²) in [6, 6.07) is 5.41. The van der Waals surface area contributed by atoms with E-state index >= 15 is 0 Å². The zero-order valence-corrected chi connectivity index (χ0v) is 12.3. The summed E-state index contributed by atoms with van der Waals surface area (Å²) < 4.78 is 22.4. The Morgan fingerprint density at radius 2 is 1.75 bits per heavy atom. The first-order valence-corrected chi connectivity index (χ1v) is 7.95. The molecule has 1 N–H and O–H groups in total. The van der Waals surface area contributed by atoms with E-state index in [0.29, 0.717) is 5.56 Å². The van der Waals surface area contributed by atoms with E-state index in [1.54, 1.807) is 13.8 Å². The summed E-state index contributed by atoms with van der Waals surface area (Å²) in [6.45, 7) is 3.79. The first-order chi connectivity index (χ1) is 9.41. The molecule has 8 heteroatoms. The number of aliphatic hydroxyl groups excluding tert-OH is 1. The lowest BCUT2D eigenvalue weighted by molar-refractivity contribution is -0.384. The van der Waals surface area contributed by atoms with Crippen LogP contribution in [0.2, 0.25) is 0 Å². The maximum atomic E-state index is 12.3. The molecule has 0 saturated carbocycles. The Morgan fingerprint density at radius 3 is 2.15 bits per heavy atom. The number of rotatable bonds is 8. The van der Waals surface area contributed by atoms with Gasteiger partial charge in [0, 0.05) is 12.1 Å². The molecule has 0 heterocycles. The molecule has 1 atom stereocenters. The van der Waals surface area contributed by atoms with Crippen LogP contribution in [-0.4, -0.2) is 29.4 Å². The second kappa shape index (κ2) is 7.50. The monoisotopic (exact) mass is 303 g/mol. The Kier molecular flexibility index (Phi) is 6.29. The minimum Gasteiger partial charge on any atom is -0.388 e. The SMILES string of the molecule is CCOP(=O)(C[C@H](O)c1ccc([N+](=O)[O-])cc1)OCC. The van der Waals surface area contributed by atoms with Crippen LogP contribution in [-0.2, 0) is 13.6 Å². The summed E-state index contributed by atoms with van der Waals surface area (Å²) in [5.41, 5.74) is 0.356. The molecule has 112 valence electrons. The number of nitro benzene ring substituents is 1. The van der Waals surface area contributed by atoms with Gasteiger partial charge in [0.15, 0.2) is 0 Å². The average molecular weight is 303 g/mol. The van der Waals surface area contributed by atoms with Crippen LogP contribution in [0.25, 0.3) is 0 Å². The molecular weight excluding hydrogens is 285 g/mol. The van der Waals surface area contributed by atoms with Crippen LogP contribution in [0.5, 0.6) is 0 Å². The fraction of sp³-hybridized carbons (Fsp3) is 0.500. The molecule has 0 unspecified atom stereocenters. The van der Waals surface area contributed by atoms with Gasteiger partial charge in [0.05, 0.1) is 30.4 Å². The van der Waals surface area contributed by atoms with Gasteiger partial charge in [0.2, 0.25) is 0 Å². The molecule has 1 aromatic rings. The van der Waals surface area contributed by atoms with Crippen molar-refractivity contribution in [2.24, 2.45) is 0 Å². The second-order valence-electron chi connectivity index (χ2n) is 3.99. The van der Waals surface area contributed by atoms with E-state index in [-0.39, 0.29) is 25.1 Å². The quantitative estimate of drug-likeness (QED) is 0.450. The van der Waals surface area contributed by atoms with Crippen LogP contribution in [0.4, 0.5) is 5.69 Å². The molecule has 1 aromatic carbocycles. The number of hydrogen-bond acceptors (Lipinski definition) is 6. The molecule has 0 fully saturated rings.